The summed E-state index contributed by atoms with van der Waals surface area (Å²) in [5.41, 5.74) is 7.99. The summed E-state index contributed by atoms with van der Waals surface area (Å²) in [5.74, 6) is 1.59. The van der Waals surface area contributed by atoms with Crippen LogP contribution in [-0.4, -0.2) is 15.3 Å². The van der Waals surface area contributed by atoms with E-state index in [1.807, 2.05) is 17.9 Å². The molecule has 3 heteroatoms. The van der Waals surface area contributed by atoms with Crippen LogP contribution < -0.4 is 5.73 Å². The Labute approximate surface area is 111 Å². The standard InChI is InChI=1S/C15H27N3/c1-12(2)14-5-4-7-15(16,9-14)8-6-13-10-17-18(3)11-13/h10-12,14H,4-9,16H2,1-3H3. The largest absolute Gasteiger partial charge is 0.325 e. The van der Waals surface area contributed by atoms with Crippen LogP contribution in [0.4, 0.5) is 0 Å². The van der Waals surface area contributed by atoms with Crippen LogP contribution in [0.5, 0.6) is 0 Å². The van der Waals surface area contributed by atoms with Gasteiger partial charge in [0.25, 0.3) is 0 Å². The molecule has 1 aliphatic rings. The highest BCUT2D eigenvalue weighted by atomic mass is 15.2. The minimum absolute atomic E-state index is 0.0586. The maximum absolute atomic E-state index is 6.61. The lowest BCUT2D eigenvalue weighted by atomic mass is 9.70. The van der Waals surface area contributed by atoms with Crippen LogP contribution in [0, 0.1) is 11.8 Å². The summed E-state index contributed by atoms with van der Waals surface area (Å²) in [5, 5.41) is 4.22. The van der Waals surface area contributed by atoms with E-state index in [9.17, 15) is 0 Å². The SMILES string of the molecule is CC(C)C1CCCC(N)(CCc2cnn(C)c2)C1. The summed E-state index contributed by atoms with van der Waals surface area (Å²) in [7, 11) is 1.97. The minimum Gasteiger partial charge on any atom is -0.325 e. The number of hydrogen-bond acceptors (Lipinski definition) is 2. The van der Waals surface area contributed by atoms with E-state index in [2.05, 4.69) is 25.1 Å². The van der Waals surface area contributed by atoms with Gasteiger partial charge in [0.2, 0.25) is 0 Å². The van der Waals surface area contributed by atoms with E-state index in [1.165, 1.54) is 31.2 Å². The van der Waals surface area contributed by atoms with E-state index >= 15 is 0 Å². The molecule has 0 spiro atoms. The van der Waals surface area contributed by atoms with Gasteiger partial charge in [-0.2, -0.15) is 5.10 Å². The molecule has 0 aromatic carbocycles. The summed E-state index contributed by atoms with van der Waals surface area (Å²) >= 11 is 0. The average Bonchev–Trinajstić information content (AvgIpc) is 2.73. The Morgan fingerprint density at radius 1 is 1.56 bits per heavy atom. The lowest BCUT2D eigenvalue weighted by molar-refractivity contribution is 0.175. The van der Waals surface area contributed by atoms with Crippen molar-refractivity contribution in [3.63, 3.8) is 0 Å². The molecular formula is C15H27N3. The Kier molecular flexibility index (Phi) is 4.10. The van der Waals surface area contributed by atoms with E-state index < -0.39 is 0 Å². The van der Waals surface area contributed by atoms with Crippen molar-refractivity contribution in [2.75, 3.05) is 0 Å². The van der Waals surface area contributed by atoms with Crippen LogP contribution in [-0.2, 0) is 13.5 Å². The number of nitrogens with two attached hydrogens (primary N) is 1. The van der Waals surface area contributed by atoms with Gasteiger partial charge < -0.3 is 5.73 Å². The Balaban J connectivity index is 1.90. The van der Waals surface area contributed by atoms with E-state index in [4.69, 9.17) is 5.73 Å². The molecule has 1 aromatic rings. The Morgan fingerprint density at radius 3 is 2.94 bits per heavy atom. The fourth-order valence-electron chi connectivity index (χ4n) is 3.23. The predicted molar refractivity (Wildman–Crippen MR) is 75.2 cm³/mol. The third-order valence-corrected chi connectivity index (χ3v) is 4.53. The van der Waals surface area contributed by atoms with Crippen molar-refractivity contribution in [2.45, 2.75) is 57.9 Å². The molecule has 3 nitrogen and oxygen atoms in total. The van der Waals surface area contributed by atoms with Crippen molar-refractivity contribution in [1.82, 2.24) is 9.78 Å². The molecule has 1 aromatic heterocycles. The molecule has 0 saturated heterocycles. The maximum Gasteiger partial charge on any atom is 0.0521 e. The third kappa shape index (κ3) is 3.35. The molecule has 0 aliphatic heterocycles. The van der Waals surface area contributed by atoms with Crippen molar-refractivity contribution < 1.29 is 0 Å². The summed E-state index contributed by atoms with van der Waals surface area (Å²) in [6.45, 7) is 4.66. The second-order valence-corrected chi connectivity index (χ2v) is 6.49. The molecule has 2 atom stereocenters. The Bertz CT molecular complexity index is 383. The topological polar surface area (TPSA) is 43.8 Å². The highest BCUT2D eigenvalue weighted by molar-refractivity contribution is 5.06. The second kappa shape index (κ2) is 5.43. The fraction of sp³-hybridized carbons (Fsp3) is 0.800. The second-order valence-electron chi connectivity index (χ2n) is 6.49. The Hall–Kier alpha value is -0.830. The molecule has 0 bridgehead atoms. The molecule has 102 valence electrons. The number of nitrogens with zero attached hydrogens (tertiary/aromatic N) is 2. The number of hydrogen-bond donors (Lipinski definition) is 1. The van der Waals surface area contributed by atoms with Crippen molar-refractivity contribution in [2.24, 2.45) is 24.6 Å². The number of aromatic nitrogens is 2. The molecule has 2 unspecified atom stereocenters. The monoisotopic (exact) mass is 249 g/mol. The van der Waals surface area contributed by atoms with Gasteiger partial charge in [-0.15, -0.1) is 0 Å². The molecule has 1 heterocycles. The van der Waals surface area contributed by atoms with Crippen LogP contribution in [0.2, 0.25) is 0 Å². The van der Waals surface area contributed by atoms with Crippen molar-refractivity contribution in [3.8, 4) is 0 Å². The average molecular weight is 249 g/mol. The molecule has 0 amide bonds. The lowest BCUT2D eigenvalue weighted by Gasteiger charge is -2.39. The first-order valence-electron chi connectivity index (χ1n) is 7.25. The van der Waals surface area contributed by atoms with Crippen molar-refractivity contribution >= 4 is 0 Å². The highest BCUT2D eigenvalue weighted by Crippen LogP contribution is 2.37. The fourth-order valence-corrected chi connectivity index (χ4v) is 3.23. The first kappa shape index (κ1) is 13.6. The number of rotatable bonds is 4. The molecular weight excluding hydrogens is 222 g/mol. The summed E-state index contributed by atoms with van der Waals surface area (Å²) in [6.07, 6.45) is 11.3. The van der Waals surface area contributed by atoms with Crippen LogP contribution in [0.15, 0.2) is 12.4 Å². The molecule has 2 N–H and O–H groups in total. The van der Waals surface area contributed by atoms with Crippen molar-refractivity contribution in [3.05, 3.63) is 18.0 Å². The summed E-state index contributed by atoms with van der Waals surface area (Å²) in [4.78, 5) is 0. The van der Waals surface area contributed by atoms with Crippen LogP contribution >= 0.6 is 0 Å². The highest BCUT2D eigenvalue weighted by Gasteiger charge is 2.33. The molecule has 1 aliphatic carbocycles. The molecule has 1 fully saturated rings. The molecule has 2 rings (SSSR count). The maximum atomic E-state index is 6.61. The third-order valence-electron chi connectivity index (χ3n) is 4.53. The zero-order chi connectivity index (χ0) is 13.2. The quantitative estimate of drug-likeness (QED) is 0.891. The van der Waals surface area contributed by atoms with Crippen molar-refractivity contribution in [1.29, 1.82) is 0 Å². The summed E-state index contributed by atoms with van der Waals surface area (Å²) in [6, 6.07) is 0. The van der Waals surface area contributed by atoms with E-state index in [-0.39, 0.29) is 5.54 Å². The molecule has 18 heavy (non-hydrogen) atoms. The number of aryl methyl sites for hydroxylation is 2. The van der Waals surface area contributed by atoms with Gasteiger partial charge in [-0.25, -0.2) is 0 Å². The van der Waals surface area contributed by atoms with E-state index in [1.54, 1.807) is 0 Å². The van der Waals surface area contributed by atoms with Gasteiger partial charge in [0, 0.05) is 18.8 Å². The lowest BCUT2D eigenvalue weighted by Crippen LogP contribution is -2.45. The smallest absolute Gasteiger partial charge is 0.0521 e. The van der Waals surface area contributed by atoms with Gasteiger partial charge in [-0.3, -0.25) is 4.68 Å². The predicted octanol–water partition coefficient (Wildman–Crippen LogP) is 2.90. The van der Waals surface area contributed by atoms with Crippen LogP contribution in [0.3, 0.4) is 0 Å². The van der Waals surface area contributed by atoms with Crippen LogP contribution in [0.1, 0.15) is 51.5 Å². The normalized spacial score (nSPS) is 28.8. The van der Waals surface area contributed by atoms with Gasteiger partial charge in [-0.1, -0.05) is 26.7 Å². The van der Waals surface area contributed by atoms with Gasteiger partial charge in [-0.05, 0) is 43.1 Å². The summed E-state index contributed by atoms with van der Waals surface area (Å²) < 4.78 is 1.87. The molecule has 0 radical (unpaired) electrons. The van der Waals surface area contributed by atoms with Crippen LogP contribution in [0.25, 0.3) is 0 Å². The zero-order valence-electron chi connectivity index (χ0n) is 12.0. The van der Waals surface area contributed by atoms with Gasteiger partial charge in [0.1, 0.15) is 0 Å². The van der Waals surface area contributed by atoms with E-state index in [0.29, 0.717) is 0 Å². The van der Waals surface area contributed by atoms with Gasteiger partial charge >= 0.3 is 0 Å². The first-order valence-corrected chi connectivity index (χ1v) is 7.25. The molecule has 1 saturated carbocycles. The zero-order valence-corrected chi connectivity index (χ0v) is 12.0. The van der Waals surface area contributed by atoms with E-state index in [0.717, 1.165) is 24.7 Å². The van der Waals surface area contributed by atoms with Gasteiger partial charge in [0.15, 0.2) is 0 Å². The minimum atomic E-state index is 0.0586. The first-order chi connectivity index (χ1) is 8.48. The van der Waals surface area contributed by atoms with Gasteiger partial charge in [0.05, 0.1) is 6.20 Å². The Morgan fingerprint density at radius 2 is 2.33 bits per heavy atom.